The maximum Gasteiger partial charge on any atom is 0.161 e. The van der Waals surface area contributed by atoms with Crippen molar-refractivity contribution < 1.29 is 14.2 Å². The van der Waals surface area contributed by atoms with Crippen LogP contribution in [0.15, 0.2) is 24.3 Å². The van der Waals surface area contributed by atoms with E-state index in [1.165, 1.54) is 0 Å². The van der Waals surface area contributed by atoms with Gasteiger partial charge >= 0.3 is 0 Å². The van der Waals surface area contributed by atoms with Crippen molar-refractivity contribution in [1.29, 1.82) is 0 Å². The molecule has 0 aliphatic heterocycles. The summed E-state index contributed by atoms with van der Waals surface area (Å²) in [6, 6.07) is 8.13. The molecule has 1 aromatic carbocycles. The minimum absolute atomic E-state index is 0.0917. The van der Waals surface area contributed by atoms with Gasteiger partial charge in [0, 0.05) is 19.6 Å². The Bertz CT molecular complexity index is 383. The molecule has 1 aromatic rings. The maximum atomic E-state index is 5.98. The van der Waals surface area contributed by atoms with Gasteiger partial charge in [-0.1, -0.05) is 12.1 Å². The van der Waals surface area contributed by atoms with Crippen LogP contribution in [-0.4, -0.2) is 39.0 Å². The number of likely N-dealkylation sites (N-methyl/N-ethyl adjacent to an activating group) is 1. The maximum absolute atomic E-state index is 5.98. The molecule has 3 atom stereocenters. The van der Waals surface area contributed by atoms with Gasteiger partial charge in [-0.15, -0.1) is 0 Å². The van der Waals surface area contributed by atoms with Crippen LogP contribution in [0, 0.1) is 0 Å². The minimum atomic E-state index is 0.0917. The fourth-order valence-corrected chi connectivity index (χ4v) is 2.28. The van der Waals surface area contributed by atoms with Crippen molar-refractivity contribution in [2.45, 2.75) is 31.6 Å². The van der Waals surface area contributed by atoms with Gasteiger partial charge in [-0.05, 0) is 26.1 Å². The second kappa shape index (κ2) is 6.07. The van der Waals surface area contributed by atoms with E-state index in [9.17, 15) is 0 Å². The number of methoxy groups -OCH3 is 1. The zero-order valence-corrected chi connectivity index (χ0v) is 11.2. The van der Waals surface area contributed by atoms with Gasteiger partial charge in [-0.2, -0.15) is 0 Å². The van der Waals surface area contributed by atoms with Crippen LogP contribution in [-0.2, 0) is 4.74 Å². The lowest BCUT2D eigenvalue weighted by molar-refractivity contribution is -0.0876. The number of ether oxygens (including phenoxy) is 3. The first-order chi connectivity index (χ1) is 8.80. The van der Waals surface area contributed by atoms with Crippen molar-refractivity contribution in [3.05, 3.63) is 24.3 Å². The van der Waals surface area contributed by atoms with Crippen LogP contribution >= 0.6 is 0 Å². The van der Waals surface area contributed by atoms with Crippen LogP contribution in [0.5, 0.6) is 11.5 Å². The van der Waals surface area contributed by atoms with Crippen molar-refractivity contribution in [2.75, 3.05) is 20.8 Å². The largest absolute Gasteiger partial charge is 0.490 e. The van der Waals surface area contributed by atoms with E-state index in [0.717, 1.165) is 17.9 Å². The Labute approximate surface area is 108 Å². The molecule has 18 heavy (non-hydrogen) atoms. The van der Waals surface area contributed by atoms with E-state index in [-0.39, 0.29) is 12.2 Å². The van der Waals surface area contributed by atoms with Gasteiger partial charge in [-0.3, -0.25) is 0 Å². The number of para-hydroxylation sites is 2. The summed E-state index contributed by atoms with van der Waals surface area (Å²) in [6.07, 6.45) is 1.15. The molecule has 1 fully saturated rings. The van der Waals surface area contributed by atoms with Gasteiger partial charge in [-0.25, -0.2) is 0 Å². The highest BCUT2D eigenvalue weighted by atomic mass is 16.6. The monoisotopic (exact) mass is 251 g/mol. The lowest BCUT2D eigenvalue weighted by Crippen LogP contribution is -2.60. The van der Waals surface area contributed by atoms with Crippen LogP contribution in [0.25, 0.3) is 0 Å². The molecule has 0 saturated heterocycles. The van der Waals surface area contributed by atoms with Crippen molar-refractivity contribution in [3.63, 3.8) is 0 Å². The highest BCUT2D eigenvalue weighted by Gasteiger charge is 2.42. The fourth-order valence-electron chi connectivity index (χ4n) is 2.28. The first kappa shape index (κ1) is 13.2. The van der Waals surface area contributed by atoms with E-state index in [1.807, 2.05) is 38.2 Å². The summed E-state index contributed by atoms with van der Waals surface area (Å²) in [6.45, 7) is 2.60. The Kier molecular flexibility index (Phi) is 4.44. The van der Waals surface area contributed by atoms with Gasteiger partial charge in [0.15, 0.2) is 11.5 Å². The van der Waals surface area contributed by atoms with Gasteiger partial charge in [0.05, 0.1) is 6.61 Å². The van der Waals surface area contributed by atoms with E-state index >= 15 is 0 Å². The zero-order chi connectivity index (χ0) is 13.0. The summed E-state index contributed by atoms with van der Waals surface area (Å²) in [5.41, 5.74) is 0. The summed E-state index contributed by atoms with van der Waals surface area (Å²) in [7, 11) is 3.67. The number of hydrogen-bond donors (Lipinski definition) is 1. The van der Waals surface area contributed by atoms with Crippen molar-refractivity contribution in [1.82, 2.24) is 5.32 Å². The standard InChI is InChI=1S/C14H21NO3/c1-4-17-11-7-5-6-8-12(11)18-13-9-10(15-2)14(13)16-3/h5-8,10,13-15H,4,9H2,1-3H3. The van der Waals surface area contributed by atoms with Crippen molar-refractivity contribution in [2.24, 2.45) is 0 Å². The van der Waals surface area contributed by atoms with Crippen LogP contribution in [0.2, 0.25) is 0 Å². The predicted octanol–water partition coefficient (Wildman–Crippen LogP) is 1.84. The average molecular weight is 251 g/mol. The van der Waals surface area contributed by atoms with E-state index in [1.54, 1.807) is 7.11 Å². The molecule has 3 unspecified atom stereocenters. The van der Waals surface area contributed by atoms with Crippen molar-refractivity contribution in [3.8, 4) is 11.5 Å². The Morgan fingerprint density at radius 1 is 1.28 bits per heavy atom. The molecule has 4 nitrogen and oxygen atoms in total. The highest BCUT2D eigenvalue weighted by molar-refractivity contribution is 5.39. The molecule has 0 heterocycles. The Morgan fingerprint density at radius 3 is 2.61 bits per heavy atom. The number of nitrogens with one attached hydrogen (secondary N) is 1. The summed E-state index contributed by atoms with van der Waals surface area (Å²) in [5.74, 6) is 1.59. The van der Waals surface area contributed by atoms with E-state index in [0.29, 0.717) is 12.6 Å². The Morgan fingerprint density at radius 2 is 2.00 bits per heavy atom. The molecular formula is C14H21NO3. The van der Waals surface area contributed by atoms with Crippen LogP contribution in [0.4, 0.5) is 0 Å². The SMILES string of the molecule is CCOc1ccccc1OC1CC(NC)C1OC. The normalized spacial score (nSPS) is 26.5. The fraction of sp³-hybridized carbons (Fsp3) is 0.571. The smallest absolute Gasteiger partial charge is 0.161 e. The quantitative estimate of drug-likeness (QED) is 0.837. The molecule has 0 amide bonds. The topological polar surface area (TPSA) is 39.7 Å². The van der Waals surface area contributed by atoms with Crippen LogP contribution < -0.4 is 14.8 Å². The highest BCUT2D eigenvalue weighted by Crippen LogP contribution is 2.33. The van der Waals surface area contributed by atoms with Gasteiger partial charge in [0.1, 0.15) is 12.2 Å². The summed E-state index contributed by atoms with van der Waals surface area (Å²) >= 11 is 0. The number of benzene rings is 1. The third kappa shape index (κ3) is 2.60. The third-order valence-corrected chi connectivity index (χ3v) is 3.32. The Hall–Kier alpha value is -1.26. The van der Waals surface area contributed by atoms with E-state index in [2.05, 4.69) is 5.32 Å². The molecule has 0 bridgehead atoms. The summed E-state index contributed by atoms with van der Waals surface area (Å²) < 4.78 is 17.0. The minimum Gasteiger partial charge on any atom is -0.490 e. The summed E-state index contributed by atoms with van der Waals surface area (Å²) in [5, 5.41) is 3.22. The van der Waals surface area contributed by atoms with E-state index in [4.69, 9.17) is 14.2 Å². The molecule has 0 radical (unpaired) electrons. The van der Waals surface area contributed by atoms with Gasteiger partial charge < -0.3 is 19.5 Å². The van der Waals surface area contributed by atoms with Gasteiger partial charge in [0.2, 0.25) is 0 Å². The summed E-state index contributed by atoms with van der Waals surface area (Å²) in [4.78, 5) is 0. The molecule has 1 saturated carbocycles. The van der Waals surface area contributed by atoms with Crippen LogP contribution in [0.1, 0.15) is 13.3 Å². The molecule has 1 aliphatic carbocycles. The van der Waals surface area contributed by atoms with Gasteiger partial charge in [0.25, 0.3) is 0 Å². The predicted molar refractivity (Wildman–Crippen MR) is 70.3 cm³/mol. The first-order valence-corrected chi connectivity index (χ1v) is 6.38. The molecule has 4 heteroatoms. The molecular weight excluding hydrogens is 230 g/mol. The zero-order valence-electron chi connectivity index (χ0n) is 11.2. The molecule has 100 valence electrons. The number of rotatable bonds is 6. The third-order valence-electron chi connectivity index (χ3n) is 3.32. The Balaban J connectivity index is 2.01. The van der Waals surface area contributed by atoms with Crippen molar-refractivity contribution >= 4 is 0 Å². The lowest BCUT2D eigenvalue weighted by atomic mass is 9.85. The first-order valence-electron chi connectivity index (χ1n) is 6.38. The lowest BCUT2D eigenvalue weighted by Gasteiger charge is -2.43. The molecule has 2 rings (SSSR count). The number of hydrogen-bond acceptors (Lipinski definition) is 4. The molecule has 1 N–H and O–H groups in total. The second-order valence-electron chi connectivity index (χ2n) is 4.37. The molecule has 1 aliphatic rings. The second-order valence-corrected chi connectivity index (χ2v) is 4.37. The molecule has 0 spiro atoms. The van der Waals surface area contributed by atoms with Crippen LogP contribution in [0.3, 0.4) is 0 Å². The average Bonchev–Trinajstić information content (AvgIpc) is 2.36. The van der Waals surface area contributed by atoms with E-state index < -0.39 is 0 Å². The molecule has 0 aromatic heterocycles.